The van der Waals surface area contributed by atoms with E-state index >= 15 is 0 Å². The Bertz CT molecular complexity index is 499. The predicted molar refractivity (Wildman–Crippen MR) is 65.0 cm³/mol. The Morgan fingerprint density at radius 1 is 1.38 bits per heavy atom. The second kappa shape index (κ2) is 4.44. The smallest absolute Gasteiger partial charge is 0.167 e. The Labute approximate surface area is 98.9 Å². The molecule has 0 aliphatic rings. The summed E-state index contributed by atoms with van der Waals surface area (Å²) in [7, 11) is 1.98. The van der Waals surface area contributed by atoms with Crippen LogP contribution in [0.4, 0.5) is 0 Å². The van der Waals surface area contributed by atoms with Crippen LogP contribution in [0.15, 0.2) is 24.8 Å². The zero-order valence-corrected chi connectivity index (χ0v) is 9.81. The Hall–Kier alpha value is -1.69. The van der Waals surface area contributed by atoms with Crippen molar-refractivity contribution in [2.75, 3.05) is 0 Å². The first-order chi connectivity index (χ1) is 7.68. The van der Waals surface area contributed by atoms with E-state index in [-0.39, 0.29) is 0 Å². The van der Waals surface area contributed by atoms with Gasteiger partial charge >= 0.3 is 0 Å². The topological polar surface area (TPSA) is 61.7 Å². The summed E-state index contributed by atoms with van der Waals surface area (Å²) in [4.78, 5) is 8.69. The minimum absolute atomic E-state index is 0.324. The number of hydrogen-bond donors (Lipinski definition) is 1. The van der Waals surface area contributed by atoms with Crippen LogP contribution < -0.4 is 5.73 Å². The number of aromatic nitrogens is 4. The van der Waals surface area contributed by atoms with Gasteiger partial charge in [0.1, 0.15) is 10.8 Å². The van der Waals surface area contributed by atoms with Crippen LogP contribution in [0.2, 0.25) is 0 Å². The highest BCUT2D eigenvalue weighted by Gasteiger charge is 2.06. The van der Waals surface area contributed by atoms with Gasteiger partial charge in [0.15, 0.2) is 5.82 Å². The van der Waals surface area contributed by atoms with Crippen molar-refractivity contribution in [3.63, 3.8) is 0 Å². The third-order valence-corrected chi connectivity index (χ3v) is 2.62. The Kier molecular flexibility index (Phi) is 3.00. The van der Waals surface area contributed by atoms with E-state index < -0.39 is 0 Å². The van der Waals surface area contributed by atoms with Crippen LogP contribution in [0.5, 0.6) is 0 Å². The maximum absolute atomic E-state index is 5.57. The molecule has 2 aromatic rings. The molecule has 0 aliphatic heterocycles. The van der Waals surface area contributed by atoms with Gasteiger partial charge in [-0.3, -0.25) is 0 Å². The molecular formula is C10H13N5S. The molecule has 0 radical (unpaired) electrons. The number of nitrogens with zero attached hydrogens (tertiary/aromatic N) is 4. The summed E-state index contributed by atoms with van der Waals surface area (Å²) in [6, 6.07) is 0. The van der Waals surface area contributed by atoms with Gasteiger partial charge in [0, 0.05) is 44.8 Å². The van der Waals surface area contributed by atoms with E-state index in [1.165, 1.54) is 0 Å². The van der Waals surface area contributed by atoms with Crippen molar-refractivity contribution in [2.24, 2.45) is 12.8 Å². The first kappa shape index (κ1) is 10.8. The molecule has 0 saturated heterocycles. The molecule has 2 N–H and O–H groups in total. The number of rotatable bonds is 4. The van der Waals surface area contributed by atoms with E-state index in [1.54, 1.807) is 12.4 Å². The maximum atomic E-state index is 5.57. The second-order valence-electron chi connectivity index (χ2n) is 3.51. The number of nitrogens with two attached hydrogens (primary N) is 1. The highest BCUT2D eigenvalue weighted by atomic mass is 32.1. The van der Waals surface area contributed by atoms with Crippen LogP contribution in [0, 0.1) is 0 Å². The molecule has 0 saturated carbocycles. The maximum Gasteiger partial charge on any atom is 0.167 e. The summed E-state index contributed by atoms with van der Waals surface area (Å²) < 4.78 is 3.94. The van der Waals surface area contributed by atoms with Crippen LogP contribution in [0.3, 0.4) is 0 Å². The summed E-state index contributed by atoms with van der Waals surface area (Å²) in [5.74, 6) is 1.69. The quantitative estimate of drug-likeness (QED) is 0.784. The molecule has 0 bridgehead atoms. The number of imidazole rings is 2. The van der Waals surface area contributed by atoms with Gasteiger partial charge in [-0.25, -0.2) is 9.97 Å². The molecule has 0 aromatic carbocycles. The van der Waals surface area contributed by atoms with Crippen LogP contribution >= 0.6 is 12.2 Å². The summed E-state index contributed by atoms with van der Waals surface area (Å²) >= 11 is 4.92. The first-order valence-corrected chi connectivity index (χ1v) is 5.36. The molecule has 6 heteroatoms. The van der Waals surface area contributed by atoms with Crippen molar-refractivity contribution < 1.29 is 0 Å². The molecule has 84 valence electrons. The largest absolute Gasteiger partial charge is 0.387 e. The van der Waals surface area contributed by atoms with Gasteiger partial charge in [-0.1, -0.05) is 12.2 Å². The molecule has 16 heavy (non-hydrogen) atoms. The fraction of sp³-hybridized carbons (Fsp3) is 0.300. The standard InChI is InChI=1S/C10H13N5S/c1-14-6-3-12-8(14)2-5-15-7-4-13-10(15)9(11)16/h3-4,6-7H,2,5H2,1H3,(H2,11,16). The molecule has 0 aliphatic carbocycles. The van der Waals surface area contributed by atoms with Gasteiger partial charge in [0.05, 0.1) is 0 Å². The fourth-order valence-electron chi connectivity index (χ4n) is 1.57. The lowest BCUT2D eigenvalue weighted by Crippen LogP contribution is -2.18. The molecule has 2 heterocycles. The summed E-state index contributed by atoms with van der Waals surface area (Å²) in [5.41, 5.74) is 5.57. The van der Waals surface area contributed by atoms with Crippen LogP contribution in [-0.4, -0.2) is 24.1 Å². The monoisotopic (exact) mass is 235 g/mol. The lowest BCUT2D eigenvalue weighted by molar-refractivity contribution is 0.646. The van der Waals surface area contributed by atoms with E-state index in [1.807, 2.05) is 28.6 Å². The lowest BCUT2D eigenvalue weighted by atomic mass is 10.4. The highest BCUT2D eigenvalue weighted by molar-refractivity contribution is 7.80. The molecule has 0 spiro atoms. The van der Waals surface area contributed by atoms with E-state index in [0.29, 0.717) is 10.8 Å². The van der Waals surface area contributed by atoms with Crippen molar-refractivity contribution in [1.82, 2.24) is 19.1 Å². The van der Waals surface area contributed by atoms with Gasteiger partial charge in [-0.15, -0.1) is 0 Å². The fourth-order valence-corrected chi connectivity index (χ4v) is 1.74. The third kappa shape index (κ3) is 2.11. The first-order valence-electron chi connectivity index (χ1n) is 4.95. The van der Waals surface area contributed by atoms with Crippen molar-refractivity contribution in [3.8, 4) is 0 Å². The Balaban J connectivity index is 2.08. The summed E-state index contributed by atoms with van der Waals surface area (Å²) in [5, 5.41) is 0. The predicted octanol–water partition coefficient (Wildman–Crippen LogP) is 0.493. The zero-order valence-electron chi connectivity index (χ0n) is 9.00. The molecule has 2 aromatic heterocycles. The number of thiocarbonyl (C=S) groups is 1. The summed E-state index contributed by atoms with van der Waals surface area (Å²) in [6.07, 6.45) is 8.12. The minimum Gasteiger partial charge on any atom is -0.387 e. The molecule has 0 fully saturated rings. The molecule has 0 atom stereocenters. The molecule has 2 rings (SSSR count). The Morgan fingerprint density at radius 3 is 2.75 bits per heavy atom. The molecular weight excluding hydrogens is 222 g/mol. The number of hydrogen-bond acceptors (Lipinski definition) is 3. The van der Waals surface area contributed by atoms with E-state index in [2.05, 4.69) is 9.97 Å². The lowest BCUT2D eigenvalue weighted by Gasteiger charge is -2.06. The van der Waals surface area contributed by atoms with Crippen molar-refractivity contribution in [2.45, 2.75) is 13.0 Å². The molecule has 0 unspecified atom stereocenters. The molecule has 0 amide bonds. The summed E-state index contributed by atoms with van der Waals surface area (Å²) in [6.45, 7) is 0.775. The second-order valence-corrected chi connectivity index (χ2v) is 3.95. The van der Waals surface area contributed by atoms with Crippen LogP contribution in [-0.2, 0) is 20.0 Å². The van der Waals surface area contributed by atoms with E-state index in [0.717, 1.165) is 18.8 Å². The Morgan fingerprint density at radius 2 is 2.12 bits per heavy atom. The van der Waals surface area contributed by atoms with Gasteiger partial charge in [-0.05, 0) is 0 Å². The van der Waals surface area contributed by atoms with Gasteiger partial charge in [0.2, 0.25) is 0 Å². The van der Waals surface area contributed by atoms with Crippen molar-refractivity contribution >= 4 is 17.2 Å². The van der Waals surface area contributed by atoms with Gasteiger partial charge < -0.3 is 14.9 Å². The average molecular weight is 235 g/mol. The number of aryl methyl sites for hydroxylation is 3. The normalized spacial score (nSPS) is 10.6. The van der Waals surface area contributed by atoms with Gasteiger partial charge in [0.25, 0.3) is 0 Å². The minimum atomic E-state index is 0.324. The van der Waals surface area contributed by atoms with E-state index in [9.17, 15) is 0 Å². The van der Waals surface area contributed by atoms with Crippen LogP contribution in [0.25, 0.3) is 0 Å². The van der Waals surface area contributed by atoms with Gasteiger partial charge in [-0.2, -0.15) is 0 Å². The van der Waals surface area contributed by atoms with E-state index in [4.69, 9.17) is 18.0 Å². The van der Waals surface area contributed by atoms with Crippen molar-refractivity contribution in [1.29, 1.82) is 0 Å². The SMILES string of the molecule is Cn1ccnc1CCn1ccnc1C(N)=S. The van der Waals surface area contributed by atoms with Crippen LogP contribution in [0.1, 0.15) is 11.6 Å². The zero-order chi connectivity index (χ0) is 11.5. The molecule has 5 nitrogen and oxygen atoms in total. The van der Waals surface area contributed by atoms with Crippen molar-refractivity contribution in [3.05, 3.63) is 36.4 Å². The highest BCUT2D eigenvalue weighted by Crippen LogP contribution is 2.02. The average Bonchev–Trinajstić information content (AvgIpc) is 2.83. The third-order valence-electron chi connectivity index (χ3n) is 2.43.